The van der Waals surface area contributed by atoms with Crippen molar-refractivity contribution in [1.29, 1.82) is 0 Å². The van der Waals surface area contributed by atoms with Gasteiger partial charge in [0.25, 0.3) is 5.91 Å². The van der Waals surface area contributed by atoms with Crippen LogP contribution in [0.4, 0.5) is 11.5 Å². The molecule has 0 bridgehead atoms. The van der Waals surface area contributed by atoms with Crippen LogP contribution in [0.25, 0.3) is 5.65 Å². The van der Waals surface area contributed by atoms with Crippen LogP contribution >= 0.6 is 0 Å². The van der Waals surface area contributed by atoms with Crippen LogP contribution in [0.15, 0.2) is 36.4 Å². The first-order chi connectivity index (χ1) is 15.7. The van der Waals surface area contributed by atoms with Gasteiger partial charge in [0.2, 0.25) is 5.91 Å². The van der Waals surface area contributed by atoms with E-state index >= 15 is 0 Å². The Hall–Kier alpha value is -3.60. The van der Waals surface area contributed by atoms with Crippen molar-refractivity contribution in [3.63, 3.8) is 0 Å². The first-order valence-corrected chi connectivity index (χ1v) is 10.8. The van der Waals surface area contributed by atoms with Gasteiger partial charge in [0.15, 0.2) is 11.5 Å². The van der Waals surface area contributed by atoms with E-state index in [1.54, 1.807) is 17.0 Å². The fraction of sp³-hybridized carbons (Fsp3) is 0.429. The number of morpholine rings is 1. The number of rotatable bonds is 4. The van der Waals surface area contributed by atoms with Crippen LogP contribution in [0.5, 0.6) is 0 Å². The number of aromatic nitrogens is 5. The van der Waals surface area contributed by atoms with E-state index in [1.807, 2.05) is 24.3 Å². The van der Waals surface area contributed by atoms with Gasteiger partial charge in [-0.05, 0) is 47.5 Å². The number of nitrogens with one attached hydrogen (secondary N) is 1. The van der Waals surface area contributed by atoms with E-state index in [1.165, 1.54) is 4.63 Å². The summed E-state index contributed by atoms with van der Waals surface area (Å²) in [5, 5.41) is 18.7. The van der Waals surface area contributed by atoms with Crippen LogP contribution in [0.3, 0.4) is 0 Å². The molecule has 166 valence electrons. The lowest BCUT2D eigenvalue weighted by molar-refractivity contribution is -0.120. The molecule has 3 aromatic rings. The molecule has 2 aromatic heterocycles. The average Bonchev–Trinajstić information content (AvgIpc) is 3.33. The summed E-state index contributed by atoms with van der Waals surface area (Å²) in [5.41, 5.74) is 1.66. The Bertz CT molecular complexity index is 1120. The van der Waals surface area contributed by atoms with Crippen LogP contribution < -0.4 is 10.2 Å². The highest BCUT2D eigenvalue weighted by molar-refractivity contribution is 6.04. The number of ether oxygens (including phenoxy) is 1. The first-order valence-electron chi connectivity index (χ1n) is 10.8. The molecule has 2 aliphatic heterocycles. The molecule has 4 heterocycles. The molecule has 1 aromatic carbocycles. The zero-order valence-corrected chi connectivity index (χ0v) is 17.6. The highest BCUT2D eigenvalue weighted by Gasteiger charge is 2.28. The Labute approximate surface area is 184 Å². The van der Waals surface area contributed by atoms with E-state index in [0.29, 0.717) is 69.1 Å². The number of hydrogen-bond acceptors (Lipinski definition) is 8. The second-order valence-electron chi connectivity index (χ2n) is 7.92. The van der Waals surface area contributed by atoms with Gasteiger partial charge in [-0.1, -0.05) is 12.1 Å². The molecular formula is C21H24N8O3. The molecule has 11 heteroatoms. The third-order valence-corrected chi connectivity index (χ3v) is 5.96. The minimum atomic E-state index is -0.130. The van der Waals surface area contributed by atoms with Crippen LogP contribution in [0, 0.1) is 5.92 Å². The number of tetrazole rings is 1. The van der Waals surface area contributed by atoms with Gasteiger partial charge in [-0.25, -0.2) is 0 Å². The number of carbonyl (C=O) groups excluding carboxylic acids is 2. The third-order valence-electron chi connectivity index (χ3n) is 5.96. The predicted octanol–water partition coefficient (Wildman–Crippen LogP) is 0.847. The van der Waals surface area contributed by atoms with Crippen LogP contribution in [-0.4, -0.2) is 81.4 Å². The number of benzene rings is 1. The maximum atomic E-state index is 13.0. The highest BCUT2D eigenvalue weighted by Crippen LogP contribution is 2.25. The summed E-state index contributed by atoms with van der Waals surface area (Å²) in [6.07, 6.45) is 1.39. The average molecular weight is 436 g/mol. The summed E-state index contributed by atoms with van der Waals surface area (Å²) < 4.78 is 6.73. The zero-order chi connectivity index (χ0) is 21.9. The summed E-state index contributed by atoms with van der Waals surface area (Å²) in [6, 6.07) is 10.9. The van der Waals surface area contributed by atoms with E-state index in [0.717, 1.165) is 5.82 Å². The molecule has 0 spiro atoms. The van der Waals surface area contributed by atoms with Crippen LogP contribution in [0.2, 0.25) is 0 Å². The van der Waals surface area contributed by atoms with Crippen molar-refractivity contribution in [3.05, 3.63) is 42.0 Å². The number of carbonyl (C=O) groups is 2. The van der Waals surface area contributed by atoms with Gasteiger partial charge < -0.3 is 19.9 Å². The molecule has 5 rings (SSSR count). The molecule has 32 heavy (non-hydrogen) atoms. The maximum absolute atomic E-state index is 13.0. The van der Waals surface area contributed by atoms with E-state index < -0.39 is 0 Å². The number of amides is 2. The minimum absolute atomic E-state index is 0.0595. The van der Waals surface area contributed by atoms with Gasteiger partial charge in [-0.2, -0.15) is 0 Å². The molecule has 2 fully saturated rings. The summed E-state index contributed by atoms with van der Waals surface area (Å²) >= 11 is 0. The smallest absolute Gasteiger partial charge is 0.256 e. The summed E-state index contributed by atoms with van der Waals surface area (Å²) in [7, 11) is 0. The van der Waals surface area contributed by atoms with Crippen molar-refractivity contribution in [2.45, 2.75) is 12.8 Å². The lowest BCUT2D eigenvalue weighted by Crippen LogP contribution is -2.41. The van der Waals surface area contributed by atoms with Gasteiger partial charge in [-0.15, -0.1) is 14.8 Å². The van der Waals surface area contributed by atoms with Crippen molar-refractivity contribution in [2.75, 3.05) is 49.6 Å². The highest BCUT2D eigenvalue weighted by atomic mass is 16.5. The molecule has 2 aliphatic rings. The lowest BCUT2D eigenvalue weighted by Gasteiger charge is -2.32. The van der Waals surface area contributed by atoms with Gasteiger partial charge in [0.1, 0.15) is 0 Å². The minimum Gasteiger partial charge on any atom is -0.378 e. The van der Waals surface area contributed by atoms with E-state index in [4.69, 9.17) is 4.74 Å². The molecule has 0 aliphatic carbocycles. The van der Waals surface area contributed by atoms with Crippen molar-refractivity contribution in [3.8, 4) is 0 Å². The Morgan fingerprint density at radius 1 is 1.00 bits per heavy atom. The predicted molar refractivity (Wildman–Crippen MR) is 115 cm³/mol. The topological polar surface area (TPSA) is 118 Å². The molecule has 2 amide bonds. The quantitative estimate of drug-likeness (QED) is 0.640. The van der Waals surface area contributed by atoms with Gasteiger partial charge in [0, 0.05) is 32.1 Å². The number of anilines is 2. The Morgan fingerprint density at radius 2 is 1.78 bits per heavy atom. The van der Waals surface area contributed by atoms with Crippen LogP contribution in [0.1, 0.15) is 23.2 Å². The number of hydrogen-bond donors (Lipinski definition) is 1. The molecule has 2 saturated heterocycles. The molecular weight excluding hydrogens is 412 g/mol. The van der Waals surface area contributed by atoms with Crippen molar-refractivity contribution in [2.24, 2.45) is 5.92 Å². The zero-order valence-electron chi connectivity index (χ0n) is 17.6. The monoisotopic (exact) mass is 436 g/mol. The van der Waals surface area contributed by atoms with Crippen molar-refractivity contribution in [1.82, 2.24) is 30.2 Å². The number of piperidine rings is 1. The van der Waals surface area contributed by atoms with Gasteiger partial charge in [0.05, 0.1) is 24.5 Å². The number of para-hydroxylation sites is 1. The fourth-order valence-corrected chi connectivity index (χ4v) is 4.13. The number of fused-ring (bicyclic) bond motifs is 1. The molecule has 0 atom stereocenters. The molecule has 1 N–H and O–H groups in total. The van der Waals surface area contributed by atoms with Crippen molar-refractivity contribution >= 4 is 29.0 Å². The van der Waals surface area contributed by atoms with Crippen LogP contribution in [-0.2, 0) is 9.53 Å². The standard InChI is InChI=1S/C21H24N8O3/c30-20(22-17-4-2-1-3-16(17)21(31)28-11-13-32-14-12-28)15-7-9-27(10-8-15)19-6-5-18-23-25-26-29(18)24-19/h1-6,15H,7-14H2,(H,22,30). The second-order valence-corrected chi connectivity index (χ2v) is 7.92. The molecule has 11 nitrogen and oxygen atoms in total. The van der Waals surface area contributed by atoms with E-state index in [-0.39, 0.29) is 17.7 Å². The summed E-state index contributed by atoms with van der Waals surface area (Å²) in [6.45, 7) is 3.59. The normalized spacial score (nSPS) is 17.5. The maximum Gasteiger partial charge on any atom is 0.256 e. The Morgan fingerprint density at radius 3 is 2.59 bits per heavy atom. The second kappa shape index (κ2) is 8.87. The van der Waals surface area contributed by atoms with E-state index in [9.17, 15) is 9.59 Å². The van der Waals surface area contributed by atoms with E-state index in [2.05, 4.69) is 30.8 Å². The largest absolute Gasteiger partial charge is 0.378 e. The summed E-state index contributed by atoms with van der Waals surface area (Å²) in [4.78, 5) is 29.8. The summed E-state index contributed by atoms with van der Waals surface area (Å²) in [5.74, 6) is 0.513. The molecule has 0 saturated carbocycles. The van der Waals surface area contributed by atoms with Gasteiger partial charge >= 0.3 is 0 Å². The van der Waals surface area contributed by atoms with Gasteiger partial charge in [-0.3, -0.25) is 9.59 Å². The first kappa shape index (κ1) is 20.3. The van der Waals surface area contributed by atoms with Crippen molar-refractivity contribution < 1.29 is 14.3 Å². The third kappa shape index (κ3) is 4.11. The Kier molecular flexibility index (Phi) is 5.63. The molecule has 0 unspecified atom stereocenters. The number of nitrogens with zero attached hydrogens (tertiary/aromatic N) is 7. The fourth-order valence-electron chi connectivity index (χ4n) is 4.13. The molecule has 0 radical (unpaired) electrons. The lowest BCUT2D eigenvalue weighted by atomic mass is 9.95. The SMILES string of the molecule is O=C(Nc1ccccc1C(=O)N1CCOCC1)C1CCN(c2ccc3nnnn3n2)CC1. The Balaban J connectivity index is 1.22.